The fourth-order valence-corrected chi connectivity index (χ4v) is 4.65. The third kappa shape index (κ3) is 1.84. The molecule has 0 spiro atoms. The largest absolute Gasteiger partial charge is 0.448 e. The molecule has 0 aromatic rings. The van der Waals surface area contributed by atoms with E-state index < -0.39 is 11.6 Å². The highest BCUT2D eigenvalue weighted by molar-refractivity contribution is 6.25. The molecule has 0 aromatic carbocycles. The van der Waals surface area contributed by atoms with Crippen LogP contribution in [-0.4, -0.2) is 77.1 Å². The first-order valence-electron chi connectivity index (χ1n) is 8.08. The van der Waals surface area contributed by atoms with Gasteiger partial charge in [0, 0.05) is 29.8 Å². The van der Waals surface area contributed by atoms with E-state index in [0.29, 0.717) is 17.8 Å². The Balaban J connectivity index is 1.81. The molecule has 4 N–H and O–H groups in total. The Morgan fingerprint density at radius 2 is 2.16 bits per heavy atom. The number of aliphatic hydroxyl groups is 1. The number of carbonyl (C=O) groups is 2. The summed E-state index contributed by atoms with van der Waals surface area (Å²) in [6.07, 6.45) is 0. The summed E-state index contributed by atoms with van der Waals surface area (Å²) in [7, 11) is 5.37. The number of carbonyl (C=O) groups excluding carboxylic acids is 2. The van der Waals surface area contributed by atoms with Gasteiger partial charge in [-0.1, -0.05) is 0 Å². The van der Waals surface area contributed by atoms with Gasteiger partial charge < -0.3 is 20.6 Å². The van der Waals surface area contributed by atoms with E-state index in [4.69, 9.17) is 10.6 Å². The number of Topliss-reactive ketones (excluding diaryl/α,β-unsaturated/α-hetero) is 2. The van der Waals surface area contributed by atoms with Crippen molar-refractivity contribution in [3.8, 4) is 0 Å². The van der Waals surface area contributed by atoms with E-state index >= 15 is 0 Å². The molecule has 5 atom stereocenters. The number of piperazine rings is 1. The Morgan fingerprint density at radius 1 is 1.44 bits per heavy atom. The fraction of sp³-hybridized carbons (Fsp3) is 0.562. The summed E-state index contributed by atoms with van der Waals surface area (Å²) in [6.45, 7) is 1.84. The lowest BCUT2D eigenvalue weighted by molar-refractivity contribution is -0.278. The molecule has 1 unspecified atom stereocenters. The molecule has 9 nitrogen and oxygen atoms in total. The van der Waals surface area contributed by atoms with E-state index in [1.54, 1.807) is 6.92 Å². The summed E-state index contributed by atoms with van der Waals surface area (Å²) in [6, 6.07) is -0.543. The van der Waals surface area contributed by atoms with Crippen molar-refractivity contribution < 1.29 is 24.5 Å². The second-order valence-electron chi connectivity index (χ2n) is 6.81. The van der Waals surface area contributed by atoms with Crippen molar-refractivity contribution in [2.45, 2.75) is 30.6 Å². The van der Waals surface area contributed by atoms with Gasteiger partial charge in [0.15, 0.2) is 0 Å². The number of fused-ring (bicyclic) bond motifs is 4. The molecule has 2 saturated heterocycles. The van der Waals surface area contributed by atoms with Crippen molar-refractivity contribution >= 4 is 11.6 Å². The summed E-state index contributed by atoms with van der Waals surface area (Å²) in [5.74, 6) is -0.643. The minimum atomic E-state index is -0.857. The van der Waals surface area contributed by atoms with Gasteiger partial charge >= 0.3 is 0 Å². The first-order chi connectivity index (χ1) is 11.9. The molecule has 1 aliphatic carbocycles. The Kier molecular flexibility index (Phi) is 3.57. The van der Waals surface area contributed by atoms with Crippen LogP contribution in [0.1, 0.15) is 6.92 Å². The van der Waals surface area contributed by atoms with Crippen molar-refractivity contribution in [1.82, 2.24) is 15.1 Å². The normalized spacial score (nSPS) is 39.1. The van der Waals surface area contributed by atoms with E-state index in [2.05, 4.69) is 17.3 Å². The van der Waals surface area contributed by atoms with Crippen LogP contribution in [0, 0.1) is 7.05 Å². The van der Waals surface area contributed by atoms with Gasteiger partial charge in [0.1, 0.15) is 6.73 Å². The quantitative estimate of drug-likeness (QED) is 0.0987. The number of nitrogens with two attached hydrogens (primary N) is 1. The van der Waals surface area contributed by atoms with Gasteiger partial charge in [0.25, 0.3) is 0 Å². The first kappa shape index (κ1) is 16.7. The zero-order valence-electron chi connectivity index (χ0n) is 14.1. The summed E-state index contributed by atoms with van der Waals surface area (Å²) in [5.41, 5.74) is 5.85. The molecule has 3 heterocycles. The second kappa shape index (κ2) is 5.36. The van der Waals surface area contributed by atoms with Crippen molar-refractivity contribution in [2.75, 3.05) is 27.0 Å². The second-order valence-corrected chi connectivity index (χ2v) is 6.81. The highest BCUT2D eigenvalue weighted by Crippen LogP contribution is 2.56. The fourth-order valence-electron chi connectivity index (χ4n) is 4.65. The molecule has 136 valence electrons. The number of rotatable bonds is 5. The van der Waals surface area contributed by atoms with E-state index in [1.807, 2.05) is 9.80 Å². The van der Waals surface area contributed by atoms with E-state index in [0.717, 1.165) is 0 Å². The molecule has 0 saturated carbocycles. The number of ketones is 2. The number of nitrogens with one attached hydrogen (secondary N) is 1. The first-order valence-corrected chi connectivity index (χ1v) is 8.08. The molecule has 25 heavy (non-hydrogen) atoms. The average molecular weight is 349 g/mol. The van der Waals surface area contributed by atoms with Gasteiger partial charge in [-0.05, 0) is 6.92 Å². The molecule has 0 bridgehead atoms. The summed E-state index contributed by atoms with van der Waals surface area (Å²) in [4.78, 5) is 39.0. The van der Waals surface area contributed by atoms with Crippen LogP contribution in [0.25, 0.3) is 0 Å². The van der Waals surface area contributed by atoms with Gasteiger partial charge in [-0.15, -0.1) is 0 Å². The summed E-state index contributed by atoms with van der Waals surface area (Å²) < 4.78 is 0. The Bertz CT molecular complexity index is 732. The minimum absolute atomic E-state index is 0.00780. The highest BCUT2D eigenvalue weighted by atomic mass is 17.2. The predicted molar refractivity (Wildman–Crippen MR) is 85.1 cm³/mol. The lowest BCUT2D eigenvalue weighted by Crippen LogP contribution is -2.62. The molecular formula is C16H21N4O5-. The number of aliphatic hydroxyl groups excluding tert-OH is 1. The molecule has 2 fully saturated rings. The molecule has 4 rings (SSSR count). The maximum atomic E-state index is 12.9. The summed E-state index contributed by atoms with van der Waals surface area (Å²) in [5, 5.41) is 13.4. The van der Waals surface area contributed by atoms with Crippen LogP contribution in [0.15, 0.2) is 22.5 Å². The standard InChI is InChI=1S/C16H21N4O5/c1-7-10(17)13(23)9-11(12(7)22)20-4-8-15(19(8)2)16(20,5-21)14(9)18-6-25-24-3/h8,14-15,18,21H,2,4-6,17H2,1,3H3/q-1/t8-,14+,15-,16-,19?/m0/s1. The molecule has 0 amide bonds. The van der Waals surface area contributed by atoms with Crippen molar-refractivity contribution in [2.24, 2.45) is 5.73 Å². The van der Waals surface area contributed by atoms with Crippen molar-refractivity contribution in [3.63, 3.8) is 0 Å². The van der Waals surface area contributed by atoms with Gasteiger partial charge in [0.05, 0.1) is 36.7 Å². The molecule has 9 heteroatoms. The van der Waals surface area contributed by atoms with Crippen LogP contribution >= 0.6 is 0 Å². The third-order valence-corrected chi connectivity index (χ3v) is 5.92. The molecule has 4 aliphatic rings. The lowest BCUT2D eigenvalue weighted by Gasteiger charge is -2.42. The third-order valence-electron chi connectivity index (χ3n) is 5.92. The van der Waals surface area contributed by atoms with Crippen molar-refractivity contribution in [1.29, 1.82) is 0 Å². The number of hydrogen-bond donors (Lipinski definition) is 3. The van der Waals surface area contributed by atoms with E-state index in [9.17, 15) is 14.7 Å². The van der Waals surface area contributed by atoms with Crippen LogP contribution in [-0.2, 0) is 19.4 Å². The van der Waals surface area contributed by atoms with Crippen molar-refractivity contribution in [3.05, 3.63) is 29.6 Å². The number of allylic oxidation sites excluding steroid dienone is 2. The van der Waals surface area contributed by atoms with Crippen LogP contribution < -0.4 is 11.1 Å². The van der Waals surface area contributed by atoms with Gasteiger partial charge in [-0.3, -0.25) is 22.0 Å². The molecule has 0 radical (unpaired) electrons. The predicted octanol–water partition coefficient (Wildman–Crippen LogP) is -1.98. The van der Waals surface area contributed by atoms with Gasteiger partial charge in [-0.25, -0.2) is 9.78 Å². The Labute approximate surface area is 144 Å². The van der Waals surface area contributed by atoms with E-state index in [1.165, 1.54) is 7.11 Å². The smallest absolute Gasteiger partial charge is 0.208 e. The SMILES string of the molecule is [CH2-]N1[C@H]2[C@@H]1CN1C3=C(C(=O)C(N)=C(C)C3=O)[C@@H](NCOOC)[C@@]21CO. The van der Waals surface area contributed by atoms with Crippen LogP contribution in [0.2, 0.25) is 0 Å². The maximum Gasteiger partial charge on any atom is 0.208 e. The summed E-state index contributed by atoms with van der Waals surface area (Å²) >= 11 is 0. The molecular weight excluding hydrogens is 328 g/mol. The maximum absolute atomic E-state index is 12.9. The number of nitrogens with zero attached hydrogens (tertiary/aromatic N) is 2. The van der Waals surface area contributed by atoms with E-state index in [-0.39, 0.29) is 48.3 Å². The van der Waals surface area contributed by atoms with Crippen LogP contribution in [0.4, 0.5) is 0 Å². The van der Waals surface area contributed by atoms with Gasteiger partial charge in [-0.2, -0.15) is 0 Å². The highest BCUT2D eigenvalue weighted by Gasteiger charge is 2.71. The average Bonchev–Trinajstić information content (AvgIpc) is 3.00. The minimum Gasteiger partial charge on any atom is -0.448 e. The zero-order chi connectivity index (χ0) is 18.1. The Morgan fingerprint density at radius 3 is 2.80 bits per heavy atom. The lowest BCUT2D eigenvalue weighted by atomic mass is 9.82. The van der Waals surface area contributed by atoms with Crippen LogP contribution in [0.3, 0.4) is 0 Å². The zero-order valence-corrected chi connectivity index (χ0v) is 14.1. The Hall–Kier alpha value is -1.78. The van der Waals surface area contributed by atoms with Gasteiger partial charge in [0.2, 0.25) is 11.6 Å². The topological polar surface area (TPSA) is 117 Å². The monoisotopic (exact) mass is 349 g/mol. The number of hydrogen-bond acceptors (Lipinski definition) is 9. The van der Waals surface area contributed by atoms with Crippen LogP contribution in [0.5, 0.6) is 0 Å². The molecule has 3 aliphatic heterocycles. The molecule has 0 aromatic heterocycles.